The molecule has 0 aliphatic rings. The molecule has 0 N–H and O–H groups in total. The van der Waals surface area contributed by atoms with Gasteiger partial charge in [-0.2, -0.15) is 0 Å². The van der Waals surface area contributed by atoms with Crippen LogP contribution in [0.25, 0.3) is 52.5 Å². The van der Waals surface area contributed by atoms with Crippen LogP contribution in [0.1, 0.15) is 0 Å². The Balaban J connectivity index is 1.38. The average Bonchev–Trinajstić information content (AvgIpc) is 3.36. The zero-order valence-electron chi connectivity index (χ0n) is 20.6. The Morgan fingerprint density at radius 2 is 0.921 bits per heavy atom. The van der Waals surface area contributed by atoms with E-state index in [0.29, 0.717) is 0 Å². The largest absolute Gasteiger partial charge is 0.310 e. The highest BCUT2D eigenvalue weighted by Crippen LogP contribution is 2.42. The quantitative estimate of drug-likeness (QED) is 0.218. The molecule has 0 fully saturated rings. The van der Waals surface area contributed by atoms with E-state index < -0.39 is 0 Å². The Morgan fingerprint density at radius 3 is 1.76 bits per heavy atom. The van der Waals surface area contributed by atoms with Crippen LogP contribution >= 0.6 is 11.3 Å². The van der Waals surface area contributed by atoms with Gasteiger partial charge in [-0.25, -0.2) is 0 Å². The molecule has 0 saturated heterocycles. The number of benzene rings is 7. The molecular formula is C36H23NS. The highest BCUT2D eigenvalue weighted by molar-refractivity contribution is 7.25. The first-order chi connectivity index (χ1) is 18.8. The molecule has 1 aromatic heterocycles. The summed E-state index contributed by atoms with van der Waals surface area (Å²) < 4.78 is 2.65. The number of anilines is 3. The maximum absolute atomic E-state index is 2.38. The molecule has 38 heavy (non-hydrogen) atoms. The monoisotopic (exact) mass is 501 g/mol. The second kappa shape index (κ2) is 8.44. The lowest BCUT2D eigenvalue weighted by molar-refractivity contribution is 1.30. The van der Waals surface area contributed by atoms with E-state index in [9.17, 15) is 0 Å². The lowest BCUT2D eigenvalue weighted by Crippen LogP contribution is -2.09. The van der Waals surface area contributed by atoms with Gasteiger partial charge in [0.25, 0.3) is 0 Å². The van der Waals surface area contributed by atoms with Crippen molar-refractivity contribution < 1.29 is 0 Å². The van der Waals surface area contributed by atoms with Crippen LogP contribution in [0.2, 0.25) is 0 Å². The lowest BCUT2D eigenvalue weighted by atomic mass is 9.96. The minimum Gasteiger partial charge on any atom is -0.310 e. The highest BCUT2D eigenvalue weighted by atomic mass is 32.1. The number of nitrogens with zero attached hydrogens (tertiary/aromatic N) is 1. The van der Waals surface area contributed by atoms with Gasteiger partial charge in [0.15, 0.2) is 0 Å². The first-order valence-corrected chi connectivity index (χ1v) is 13.8. The summed E-state index contributed by atoms with van der Waals surface area (Å²) in [5, 5.41) is 10.3. The molecule has 7 aromatic carbocycles. The van der Waals surface area contributed by atoms with Crippen LogP contribution in [-0.4, -0.2) is 0 Å². The van der Waals surface area contributed by atoms with Gasteiger partial charge in [0.2, 0.25) is 0 Å². The van der Waals surface area contributed by atoms with Gasteiger partial charge in [-0.05, 0) is 80.8 Å². The molecule has 1 heterocycles. The third-order valence-electron chi connectivity index (χ3n) is 7.62. The summed E-state index contributed by atoms with van der Waals surface area (Å²) in [6.45, 7) is 0. The van der Waals surface area contributed by atoms with E-state index in [1.807, 2.05) is 11.3 Å². The number of hydrogen-bond acceptors (Lipinski definition) is 2. The van der Waals surface area contributed by atoms with Crippen molar-refractivity contribution in [1.29, 1.82) is 0 Å². The Bertz CT molecular complexity index is 2140. The van der Waals surface area contributed by atoms with Crippen molar-refractivity contribution in [2.75, 3.05) is 4.90 Å². The molecule has 0 aliphatic carbocycles. The minimum atomic E-state index is 1.15. The maximum Gasteiger partial charge on any atom is 0.0468 e. The first-order valence-electron chi connectivity index (χ1n) is 12.9. The van der Waals surface area contributed by atoms with Gasteiger partial charge < -0.3 is 4.90 Å². The Kier molecular flexibility index (Phi) is 4.76. The molecule has 2 heteroatoms. The molecular weight excluding hydrogens is 478 g/mol. The summed E-state index contributed by atoms with van der Waals surface area (Å²) in [5.74, 6) is 0. The van der Waals surface area contributed by atoms with Crippen LogP contribution in [0.3, 0.4) is 0 Å². The smallest absolute Gasteiger partial charge is 0.0468 e. The summed E-state index contributed by atoms with van der Waals surface area (Å²) in [4.78, 5) is 2.38. The Hall–Kier alpha value is -4.66. The van der Waals surface area contributed by atoms with Crippen LogP contribution in [0, 0.1) is 0 Å². The van der Waals surface area contributed by atoms with Gasteiger partial charge in [-0.15, -0.1) is 11.3 Å². The molecule has 1 nitrogen and oxygen atoms in total. The second-order valence-corrected chi connectivity index (χ2v) is 10.9. The predicted molar refractivity (Wildman–Crippen MR) is 167 cm³/mol. The zero-order chi connectivity index (χ0) is 25.1. The lowest BCUT2D eigenvalue weighted by Gasteiger charge is -2.26. The van der Waals surface area contributed by atoms with Crippen molar-refractivity contribution in [2.45, 2.75) is 0 Å². The first kappa shape index (κ1) is 21.4. The topological polar surface area (TPSA) is 3.24 Å². The summed E-state index contributed by atoms with van der Waals surface area (Å²) in [7, 11) is 0. The van der Waals surface area contributed by atoms with E-state index in [1.165, 1.54) is 52.5 Å². The van der Waals surface area contributed by atoms with E-state index in [-0.39, 0.29) is 0 Å². The SMILES string of the molecule is c1ccc(N(c2ccc3ccc4c5ccccc5ccc4c3c2)c2ccc3sc4ccccc4c3c2)cc1. The predicted octanol–water partition coefficient (Wildman–Crippen LogP) is 11.0. The third kappa shape index (κ3) is 3.31. The molecule has 0 aliphatic heterocycles. The van der Waals surface area contributed by atoms with Crippen LogP contribution in [-0.2, 0) is 0 Å². The molecule has 0 bridgehead atoms. The van der Waals surface area contributed by atoms with Gasteiger partial charge in [-0.3, -0.25) is 0 Å². The molecule has 0 radical (unpaired) electrons. The number of hydrogen-bond donors (Lipinski definition) is 0. The van der Waals surface area contributed by atoms with Crippen molar-refractivity contribution in [3.63, 3.8) is 0 Å². The molecule has 0 spiro atoms. The summed E-state index contributed by atoms with van der Waals surface area (Å²) >= 11 is 1.86. The third-order valence-corrected chi connectivity index (χ3v) is 8.77. The highest BCUT2D eigenvalue weighted by Gasteiger charge is 2.16. The number of fused-ring (bicyclic) bond motifs is 8. The number of para-hydroxylation sites is 1. The molecule has 8 rings (SSSR count). The summed E-state index contributed by atoms with van der Waals surface area (Å²) in [6.07, 6.45) is 0. The van der Waals surface area contributed by atoms with Crippen molar-refractivity contribution >= 4 is 80.9 Å². The maximum atomic E-state index is 2.38. The Morgan fingerprint density at radius 1 is 0.342 bits per heavy atom. The van der Waals surface area contributed by atoms with Crippen LogP contribution in [0.5, 0.6) is 0 Å². The van der Waals surface area contributed by atoms with Crippen molar-refractivity contribution in [3.8, 4) is 0 Å². The molecule has 8 aromatic rings. The second-order valence-electron chi connectivity index (χ2n) is 9.80. The molecule has 0 saturated carbocycles. The summed E-state index contributed by atoms with van der Waals surface area (Å²) in [5.41, 5.74) is 3.47. The fourth-order valence-corrected chi connectivity index (χ4v) is 6.91. The normalized spacial score (nSPS) is 11.7. The zero-order valence-corrected chi connectivity index (χ0v) is 21.5. The average molecular weight is 502 g/mol. The van der Waals surface area contributed by atoms with Crippen LogP contribution in [0.4, 0.5) is 17.1 Å². The van der Waals surface area contributed by atoms with E-state index in [4.69, 9.17) is 0 Å². The van der Waals surface area contributed by atoms with E-state index in [0.717, 1.165) is 17.1 Å². The molecule has 178 valence electrons. The van der Waals surface area contributed by atoms with Gasteiger partial charge in [0.1, 0.15) is 0 Å². The molecule has 0 unspecified atom stereocenters. The van der Waals surface area contributed by atoms with Gasteiger partial charge in [0, 0.05) is 37.2 Å². The molecule has 0 atom stereocenters. The van der Waals surface area contributed by atoms with Crippen molar-refractivity contribution in [3.05, 3.63) is 140 Å². The van der Waals surface area contributed by atoms with Crippen LogP contribution < -0.4 is 4.90 Å². The van der Waals surface area contributed by atoms with E-state index in [1.54, 1.807) is 0 Å². The standard InChI is InChI=1S/C36H23NS/c1-2-9-26(10-3-1)37(28-18-21-36-34(23-28)32-12-6-7-13-35(32)38-36)27-17-14-25-16-19-30-29-11-5-4-8-24(29)15-20-31(30)33(25)22-27/h1-23H. The van der Waals surface area contributed by atoms with Gasteiger partial charge in [-0.1, -0.05) is 91.0 Å². The summed E-state index contributed by atoms with van der Waals surface area (Å²) in [6, 6.07) is 50.8. The van der Waals surface area contributed by atoms with Gasteiger partial charge in [0.05, 0.1) is 0 Å². The minimum absolute atomic E-state index is 1.15. The van der Waals surface area contributed by atoms with Crippen molar-refractivity contribution in [2.24, 2.45) is 0 Å². The number of rotatable bonds is 3. The van der Waals surface area contributed by atoms with Crippen LogP contribution in [0.15, 0.2) is 140 Å². The number of thiophene rings is 1. The fourth-order valence-electron chi connectivity index (χ4n) is 5.82. The molecule has 0 amide bonds. The fraction of sp³-hybridized carbons (Fsp3) is 0. The van der Waals surface area contributed by atoms with E-state index in [2.05, 4.69) is 144 Å². The van der Waals surface area contributed by atoms with E-state index >= 15 is 0 Å². The van der Waals surface area contributed by atoms with Crippen molar-refractivity contribution in [1.82, 2.24) is 0 Å². The Labute approximate surface area is 224 Å². The van der Waals surface area contributed by atoms with Gasteiger partial charge >= 0.3 is 0 Å².